The largest absolute Gasteiger partial charge is 0.369 e. The molecule has 13 heavy (non-hydrogen) atoms. The van der Waals surface area contributed by atoms with Crippen molar-refractivity contribution < 1.29 is 4.79 Å². The smallest absolute Gasteiger partial charge is 0.221 e. The van der Waals surface area contributed by atoms with E-state index >= 15 is 0 Å². The molecule has 0 heterocycles. The standard InChI is InChI=1S/C9H21N3O/c1-8(9(10)13)7-12(3)6-4-5-11-2/h8,11H,4-7H2,1-3H3,(H2,10,13). The van der Waals surface area contributed by atoms with Gasteiger partial charge in [0.15, 0.2) is 0 Å². The molecule has 0 aromatic heterocycles. The summed E-state index contributed by atoms with van der Waals surface area (Å²) in [6.07, 6.45) is 1.10. The Bertz CT molecular complexity index is 150. The van der Waals surface area contributed by atoms with E-state index in [1.165, 1.54) is 0 Å². The molecule has 0 saturated heterocycles. The number of primary amides is 1. The lowest BCUT2D eigenvalue weighted by Crippen LogP contribution is -2.33. The molecule has 1 unspecified atom stereocenters. The minimum atomic E-state index is -0.222. The molecule has 0 saturated carbocycles. The molecule has 0 aliphatic rings. The number of amides is 1. The van der Waals surface area contributed by atoms with Crippen molar-refractivity contribution in [3.05, 3.63) is 0 Å². The van der Waals surface area contributed by atoms with Crippen LogP contribution < -0.4 is 11.1 Å². The first-order valence-electron chi connectivity index (χ1n) is 4.70. The summed E-state index contributed by atoms with van der Waals surface area (Å²) in [5.41, 5.74) is 5.16. The monoisotopic (exact) mass is 187 g/mol. The number of nitrogens with one attached hydrogen (secondary N) is 1. The molecule has 3 N–H and O–H groups in total. The summed E-state index contributed by atoms with van der Waals surface area (Å²) in [5, 5.41) is 3.08. The van der Waals surface area contributed by atoms with Gasteiger partial charge in [-0.25, -0.2) is 0 Å². The highest BCUT2D eigenvalue weighted by molar-refractivity contribution is 5.76. The molecule has 4 nitrogen and oxygen atoms in total. The first-order valence-corrected chi connectivity index (χ1v) is 4.70. The molecule has 78 valence electrons. The van der Waals surface area contributed by atoms with Crippen LogP contribution in [-0.2, 0) is 4.79 Å². The zero-order chi connectivity index (χ0) is 10.3. The van der Waals surface area contributed by atoms with Crippen molar-refractivity contribution in [2.45, 2.75) is 13.3 Å². The highest BCUT2D eigenvalue weighted by Crippen LogP contribution is 1.97. The molecule has 1 atom stereocenters. The summed E-state index contributed by atoms with van der Waals surface area (Å²) in [6.45, 7) is 4.61. The Morgan fingerprint density at radius 3 is 2.69 bits per heavy atom. The van der Waals surface area contributed by atoms with E-state index in [0.29, 0.717) is 0 Å². The second-order valence-electron chi connectivity index (χ2n) is 3.52. The van der Waals surface area contributed by atoms with Crippen LogP contribution in [0.3, 0.4) is 0 Å². The minimum absolute atomic E-state index is 0.0559. The van der Waals surface area contributed by atoms with Crippen molar-refractivity contribution in [2.75, 3.05) is 33.7 Å². The van der Waals surface area contributed by atoms with Gasteiger partial charge >= 0.3 is 0 Å². The number of hydrogen-bond acceptors (Lipinski definition) is 3. The molecule has 4 heteroatoms. The number of nitrogens with zero attached hydrogens (tertiary/aromatic N) is 1. The van der Waals surface area contributed by atoms with Crippen LogP contribution in [0.2, 0.25) is 0 Å². The number of hydrogen-bond donors (Lipinski definition) is 2. The summed E-state index contributed by atoms with van der Waals surface area (Å²) in [6, 6.07) is 0. The van der Waals surface area contributed by atoms with Crippen LogP contribution >= 0.6 is 0 Å². The number of rotatable bonds is 7. The fraction of sp³-hybridized carbons (Fsp3) is 0.889. The molecule has 0 rings (SSSR count). The normalized spacial score (nSPS) is 13.2. The number of carbonyl (C=O) groups is 1. The maximum Gasteiger partial charge on any atom is 0.221 e. The van der Waals surface area contributed by atoms with E-state index in [4.69, 9.17) is 5.73 Å². The Kier molecular flexibility index (Phi) is 6.54. The maximum absolute atomic E-state index is 10.7. The van der Waals surface area contributed by atoms with E-state index in [9.17, 15) is 4.79 Å². The molecule has 0 fully saturated rings. The molecule has 0 aliphatic heterocycles. The summed E-state index contributed by atoms with van der Waals surface area (Å²) < 4.78 is 0. The number of nitrogens with two attached hydrogens (primary N) is 1. The van der Waals surface area contributed by atoms with Crippen molar-refractivity contribution in [3.63, 3.8) is 0 Å². The quantitative estimate of drug-likeness (QED) is 0.536. The van der Waals surface area contributed by atoms with Gasteiger partial charge in [-0.2, -0.15) is 0 Å². The van der Waals surface area contributed by atoms with Crippen LogP contribution in [0.5, 0.6) is 0 Å². The molecule has 1 amide bonds. The lowest BCUT2D eigenvalue weighted by atomic mass is 10.1. The van der Waals surface area contributed by atoms with Gasteiger partial charge in [0.25, 0.3) is 0 Å². The van der Waals surface area contributed by atoms with Crippen molar-refractivity contribution in [1.82, 2.24) is 10.2 Å². The van der Waals surface area contributed by atoms with E-state index < -0.39 is 0 Å². The molecule has 0 aromatic carbocycles. The van der Waals surface area contributed by atoms with Gasteiger partial charge in [0.05, 0.1) is 0 Å². The van der Waals surface area contributed by atoms with Gasteiger partial charge in [-0.3, -0.25) is 4.79 Å². The van der Waals surface area contributed by atoms with Gasteiger partial charge < -0.3 is 16.0 Å². The predicted octanol–water partition coefficient (Wildman–Crippen LogP) is -0.351. The lowest BCUT2D eigenvalue weighted by molar-refractivity contribution is -0.121. The Labute approximate surface area is 80.5 Å². The molecular weight excluding hydrogens is 166 g/mol. The van der Waals surface area contributed by atoms with Crippen LogP contribution in [0.15, 0.2) is 0 Å². The van der Waals surface area contributed by atoms with Crippen LogP contribution in [0.25, 0.3) is 0 Å². The second kappa shape index (κ2) is 6.86. The lowest BCUT2D eigenvalue weighted by Gasteiger charge is -2.19. The van der Waals surface area contributed by atoms with Crippen LogP contribution in [0.1, 0.15) is 13.3 Å². The topological polar surface area (TPSA) is 58.4 Å². The molecule has 0 radical (unpaired) electrons. The summed E-state index contributed by atoms with van der Waals surface area (Å²) >= 11 is 0. The van der Waals surface area contributed by atoms with Gasteiger partial charge in [0, 0.05) is 12.5 Å². The van der Waals surface area contributed by atoms with E-state index in [1.54, 1.807) is 0 Å². The van der Waals surface area contributed by atoms with Crippen molar-refractivity contribution >= 4 is 5.91 Å². The Morgan fingerprint density at radius 1 is 1.62 bits per heavy atom. The average Bonchev–Trinajstić information content (AvgIpc) is 2.04. The third kappa shape index (κ3) is 6.54. The highest BCUT2D eigenvalue weighted by atomic mass is 16.1. The predicted molar refractivity (Wildman–Crippen MR) is 54.4 cm³/mol. The van der Waals surface area contributed by atoms with Crippen LogP contribution in [-0.4, -0.2) is 44.5 Å². The minimum Gasteiger partial charge on any atom is -0.369 e. The summed E-state index contributed by atoms with van der Waals surface area (Å²) in [4.78, 5) is 12.9. The maximum atomic E-state index is 10.7. The Morgan fingerprint density at radius 2 is 2.23 bits per heavy atom. The molecule has 0 bridgehead atoms. The van der Waals surface area contributed by atoms with Crippen LogP contribution in [0.4, 0.5) is 0 Å². The van der Waals surface area contributed by atoms with Gasteiger partial charge in [0.2, 0.25) is 5.91 Å². The van der Waals surface area contributed by atoms with Gasteiger partial charge in [-0.15, -0.1) is 0 Å². The number of carbonyl (C=O) groups excluding carboxylic acids is 1. The third-order valence-electron chi connectivity index (χ3n) is 2.04. The first-order chi connectivity index (χ1) is 6.07. The van der Waals surface area contributed by atoms with Gasteiger partial charge in [0.1, 0.15) is 0 Å². The zero-order valence-corrected chi connectivity index (χ0v) is 8.84. The second-order valence-corrected chi connectivity index (χ2v) is 3.52. The van der Waals surface area contributed by atoms with Gasteiger partial charge in [-0.1, -0.05) is 6.92 Å². The SMILES string of the molecule is CNCCCN(C)CC(C)C(N)=O. The molecular formula is C9H21N3O. The van der Waals surface area contributed by atoms with Crippen molar-refractivity contribution in [2.24, 2.45) is 11.7 Å². The van der Waals surface area contributed by atoms with E-state index in [1.807, 2.05) is 21.0 Å². The average molecular weight is 187 g/mol. The molecule has 0 aromatic rings. The van der Waals surface area contributed by atoms with Crippen molar-refractivity contribution in [1.29, 1.82) is 0 Å². The summed E-state index contributed by atoms with van der Waals surface area (Å²) in [5.74, 6) is -0.278. The third-order valence-corrected chi connectivity index (χ3v) is 2.04. The van der Waals surface area contributed by atoms with Gasteiger partial charge in [-0.05, 0) is 33.6 Å². The molecule has 0 spiro atoms. The van der Waals surface area contributed by atoms with E-state index in [2.05, 4.69) is 10.2 Å². The van der Waals surface area contributed by atoms with Crippen molar-refractivity contribution in [3.8, 4) is 0 Å². The Balaban J connectivity index is 3.49. The molecule has 0 aliphatic carbocycles. The first kappa shape index (κ1) is 12.4. The zero-order valence-electron chi connectivity index (χ0n) is 8.84. The highest BCUT2D eigenvalue weighted by Gasteiger charge is 2.10. The van der Waals surface area contributed by atoms with E-state index in [0.717, 1.165) is 26.1 Å². The van der Waals surface area contributed by atoms with E-state index in [-0.39, 0.29) is 11.8 Å². The fourth-order valence-electron chi connectivity index (χ4n) is 1.17. The van der Waals surface area contributed by atoms with Crippen LogP contribution in [0, 0.1) is 5.92 Å². The fourth-order valence-corrected chi connectivity index (χ4v) is 1.17. The summed E-state index contributed by atoms with van der Waals surface area (Å²) in [7, 11) is 3.95. The Hall–Kier alpha value is -0.610.